The molecule has 3 heteroatoms. The van der Waals surface area contributed by atoms with Crippen LogP contribution in [0.4, 0.5) is 0 Å². The first-order valence-corrected chi connectivity index (χ1v) is 6.39. The van der Waals surface area contributed by atoms with Crippen molar-refractivity contribution in [1.82, 2.24) is 5.32 Å². The normalized spacial score (nSPS) is 22.3. The Balaban J connectivity index is 1.98. The van der Waals surface area contributed by atoms with Gasteiger partial charge in [0, 0.05) is 10.1 Å². The summed E-state index contributed by atoms with van der Waals surface area (Å²) < 4.78 is 0. The molecule has 0 aromatic heterocycles. The quantitative estimate of drug-likeness (QED) is 0.808. The van der Waals surface area contributed by atoms with Crippen LogP contribution in [0.1, 0.15) is 19.3 Å². The molecule has 0 aliphatic carbocycles. The summed E-state index contributed by atoms with van der Waals surface area (Å²) in [5.74, 6) is 0.416. The summed E-state index contributed by atoms with van der Waals surface area (Å²) in [6.07, 6.45) is 3.68. The molecule has 0 radical (unpaired) electrons. The molecule has 1 atom stereocenters. The molecule has 1 saturated heterocycles. The van der Waals surface area contributed by atoms with Gasteiger partial charge in [0.15, 0.2) is 0 Å². The van der Waals surface area contributed by atoms with Crippen molar-refractivity contribution >= 4 is 11.8 Å². The summed E-state index contributed by atoms with van der Waals surface area (Å²) in [5, 5.41) is 13.7. The van der Waals surface area contributed by atoms with Gasteiger partial charge in [-0.05, 0) is 44.5 Å². The fraction of sp³-hybridized carbons (Fsp3) is 0.500. The predicted octanol–water partition coefficient (Wildman–Crippen LogP) is 2.63. The van der Waals surface area contributed by atoms with Crippen molar-refractivity contribution in [3.05, 3.63) is 24.3 Å². The van der Waals surface area contributed by atoms with Crippen molar-refractivity contribution in [2.75, 3.05) is 13.1 Å². The monoisotopic (exact) mass is 223 g/mol. The van der Waals surface area contributed by atoms with Gasteiger partial charge in [0.25, 0.3) is 0 Å². The molecule has 2 N–H and O–H groups in total. The number of hydrogen-bond donors (Lipinski definition) is 2. The number of nitrogens with one attached hydrogen (secondary N) is 1. The van der Waals surface area contributed by atoms with E-state index in [0.29, 0.717) is 11.0 Å². The van der Waals surface area contributed by atoms with Crippen molar-refractivity contribution in [3.63, 3.8) is 0 Å². The first kappa shape index (κ1) is 10.8. The Morgan fingerprint density at radius 2 is 2.07 bits per heavy atom. The van der Waals surface area contributed by atoms with Crippen molar-refractivity contribution < 1.29 is 5.11 Å². The van der Waals surface area contributed by atoms with Gasteiger partial charge in [-0.3, -0.25) is 0 Å². The van der Waals surface area contributed by atoms with Crippen LogP contribution in [0.3, 0.4) is 0 Å². The maximum absolute atomic E-state index is 9.68. The van der Waals surface area contributed by atoms with Crippen molar-refractivity contribution in [2.45, 2.75) is 29.4 Å². The SMILES string of the molecule is Oc1ccccc1SC1CCCNCC1. The zero-order valence-corrected chi connectivity index (χ0v) is 9.59. The second-order valence-electron chi connectivity index (χ2n) is 3.89. The number of benzene rings is 1. The van der Waals surface area contributed by atoms with Crippen LogP contribution in [0.15, 0.2) is 29.2 Å². The summed E-state index contributed by atoms with van der Waals surface area (Å²) in [5.41, 5.74) is 0. The minimum atomic E-state index is 0.416. The van der Waals surface area contributed by atoms with Crippen LogP contribution in [0.25, 0.3) is 0 Å². The number of phenolic OH excluding ortho intramolecular Hbond substituents is 1. The average Bonchev–Trinajstić information content (AvgIpc) is 2.50. The van der Waals surface area contributed by atoms with Gasteiger partial charge >= 0.3 is 0 Å². The second kappa shape index (κ2) is 5.42. The fourth-order valence-corrected chi connectivity index (χ4v) is 3.07. The molecule has 15 heavy (non-hydrogen) atoms. The molecule has 1 fully saturated rings. The fourth-order valence-electron chi connectivity index (χ4n) is 1.84. The largest absolute Gasteiger partial charge is 0.507 e. The van der Waals surface area contributed by atoms with Gasteiger partial charge in [0.05, 0.1) is 0 Å². The third-order valence-corrected chi connectivity index (χ3v) is 4.09. The van der Waals surface area contributed by atoms with Crippen LogP contribution in [0.5, 0.6) is 5.75 Å². The number of para-hydroxylation sites is 1. The first-order chi connectivity index (χ1) is 7.36. The maximum Gasteiger partial charge on any atom is 0.129 e. The molecule has 2 rings (SSSR count). The average molecular weight is 223 g/mol. The molecule has 1 aromatic carbocycles. The number of aromatic hydroxyl groups is 1. The highest BCUT2D eigenvalue weighted by atomic mass is 32.2. The second-order valence-corrected chi connectivity index (χ2v) is 5.23. The lowest BCUT2D eigenvalue weighted by molar-refractivity contribution is 0.462. The number of hydrogen-bond acceptors (Lipinski definition) is 3. The van der Waals surface area contributed by atoms with Crippen molar-refractivity contribution in [1.29, 1.82) is 0 Å². The lowest BCUT2D eigenvalue weighted by Crippen LogP contribution is -2.14. The van der Waals surface area contributed by atoms with E-state index in [1.807, 2.05) is 30.0 Å². The third kappa shape index (κ3) is 3.14. The van der Waals surface area contributed by atoms with Crippen LogP contribution < -0.4 is 5.32 Å². The molecule has 82 valence electrons. The van der Waals surface area contributed by atoms with Crippen LogP contribution >= 0.6 is 11.8 Å². The smallest absolute Gasteiger partial charge is 0.129 e. The molecule has 0 spiro atoms. The molecular formula is C12H17NOS. The highest BCUT2D eigenvalue weighted by molar-refractivity contribution is 8.00. The lowest BCUT2D eigenvalue weighted by atomic mass is 10.2. The molecule has 1 aromatic rings. The zero-order valence-electron chi connectivity index (χ0n) is 8.78. The molecule has 1 aliphatic heterocycles. The van der Waals surface area contributed by atoms with Gasteiger partial charge in [0.2, 0.25) is 0 Å². The van der Waals surface area contributed by atoms with E-state index in [2.05, 4.69) is 5.32 Å². The summed E-state index contributed by atoms with van der Waals surface area (Å²) in [6.45, 7) is 2.24. The first-order valence-electron chi connectivity index (χ1n) is 5.51. The Bertz CT molecular complexity index is 308. The van der Waals surface area contributed by atoms with Crippen LogP contribution in [-0.2, 0) is 0 Å². The Labute approximate surface area is 95.1 Å². The van der Waals surface area contributed by atoms with Crippen LogP contribution in [-0.4, -0.2) is 23.4 Å². The van der Waals surface area contributed by atoms with E-state index in [9.17, 15) is 5.11 Å². The van der Waals surface area contributed by atoms with E-state index >= 15 is 0 Å². The molecule has 0 bridgehead atoms. The highest BCUT2D eigenvalue weighted by Crippen LogP contribution is 2.34. The Morgan fingerprint density at radius 3 is 2.93 bits per heavy atom. The van der Waals surface area contributed by atoms with Crippen LogP contribution in [0, 0.1) is 0 Å². The number of rotatable bonds is 2. The summed E-state index contributed by atoms with van der Waals surface area (Å²) >= 11 is 1.81. The topological polar surface area (TPSA) is 32.3 Å². The highest BCUT2D eigenvalue weighted by Gasteiger charge is 2.14. The molecule has 1 unspecified atom stereocenters. The zero-order chi connectivity index (χ0) is 10.5. The summed E-state index contributed by atoms with van der Waals surface area (Å²) in [4.78, 5) is 1.02. The van der Waals surface area contributed by atoms with Gasteiger partial charge in [-0.2, -0.15) is 0 Å². The molecule has 0 saturated carbocycles. The molecular weight excluding hydrogens is 206 g/mol. The predicted molar refractivity (Wildman–Crippen MR) is 64.5 cm³/mol. The van der Waals surface area contributed by atoms with Gasteiger partial charge in [0.1, 0.15) is 5.75 Å². The Hall–Kier alpha value is -0.670. The standard InChI is InChI=1S/C12H17NOS/c14-11-5-1-2-6-12(11)15-10-4-3-8-13-9-7-10/h1-2,5-6,10,13-14H,3-4,7-9H2. The molecule has 1 heterocycles. The number of phenols is 1. The maximum atomic E-state index is 9.68. The van der Waals surface area contributed by atoms with Gasteiger partial charge in [-0.1, -0.05) is 12.1 Å². The minimum absolute atomic E-state index is 0.416. The van der Waals surface area contributed by atoms with Gasteiger partial charge in [-0.25, -0.2) is 0 Å². The van der Waals surface area contributed by atoms with E-state index in [4.69, 9.17) is 0 Å². The third-order valence-electron chi connectivity index (χ3n) is 2.68. The van der Waals surface area contributed by atoms with E-state index in [0.717, 1.165) is 18.0 Å². The van der Waals surface area contributed by atoms with E-state index in [-0.39, 0.29) is 0 Å². The number of thioether (sulfide) groups is 1. The van der Waals surface area contributed by atoms with Crippen molar-refractivity contribution in [2.24, 2.45) is 0 Å². The minimum Gasteiger partial charge on any atom is -0.507 e. The van der Waals surface area contributed by atoms with E-state index < -0.39 is 0 Å². The van der Waals surface area contributed by atoms with Gasteiger partial charge < -0.3 is 10.4 Å². The Morgan fingerprint density at radius 1 is 1.20 bits per heavy atom. The Kier molecular flexibility index (Phi) is 3.92. The van der Waals surface area contributed by atoms with E-state index in [1.165, 1.54) is 19.3 Å². The molecule has 1 aliphatic rings. The molecule has 0 amide bonds. The lowest BCUT2D eigenvalue weighted by Gasteiger charge is -2.13. The van der Waals surface area contributed by atoms with Crippen LogP contribution in [0.2, 0.25) is 0 Å². The summed E-state index contributed by atoms with van der Waals surface area (Å²) in [6, 6.07) is 7.61. The summed E-state index contributed by atoms with van der Waals surface area (Å²) in [7, 11) is 0. The molecule has 2 nitrogen and oxygen atoms in total. The van der Waals surface area contributed by atoms with Crippen molar-refractivity contribution in [3.8, 4) is 5.75 Å². The van der Waals surface area contributed by atoms with Gasteiger partial charge in [-0.15, -0.1) is 11.8 Å². The van der Waals surface area contributed by atoms with E-state index in [1.54, 1.807) is 6.07 Å².